The summed E-state index contributed by atoms with van der Waals surface area (Å²) in [5.41, 5.74) is 1.26. The van der Waals surface area contributed by atoms with Gasteiger partial charge in [0.1, 0.15) is 0 Å². The van der Waals surface area contributed by atoms with Gasteiger partial charge in [-0.2, -0.15) is 0 Å². The van der Waals surface area contributed by atoms with Crippen molar-refractivity contribution in [2.45, 2.75) is 48.8 Å². The lowest BCUT2D eigenvalue weighted by Gasteiger charge is -2.19. The highest BCUT2D eigenvalue weighted by Gasteiger charge is 2.27. The van der Waals surface area contributed by atoms with Crippen LogP contribution < -0.4 is 0 Å². The van der Waals surface area contributed by atoms with Crippen LogP contribution in [0.2, 0.25) is 0 Å². The topological polar surface area (TPSA) is 57.0 Å². The van der Waals surface area contributed by atoms with E-state index in [1.807, 2.05) is 6.07 Å². The molecule has 0 radical (unpaired) electrons. The number of hydrogen-bond acceptors (Lipinski definition) is 6. The summed E-state index contributed by atoms with van der Waals surface area (Å²) in [7, 11) is 0. The molecule has 0 fully saturated rings. The molecule has 0 saturated heterocycles. The predicted octanol–water partition coefficient (Wildman–Crippen LogP) is 5.32. The Morgan fingerprint density at radius 2 is 1.79 bits per heavy atom. The van der Waals surface area contributed by atoms with Crippen LogP contribution in [-0.2, 0) is 24.5 Å². The van der Waals surface area contributed by atoms with Crippen LogP contribution in [0.1, 0.15) is 39.2 Å². The molecule has 1 aromatic carbocycles. The third-order valence-corrected chi connectivity index (χ3v) is 6.42. The van der Waals surface area contributed by atoms with E-state index in [9.17, 15) is 9.59 Å². The first-order valence-electron chi connectivity index (χ1n) is 8.84. The molecule has 1 aliphatic rings. The number of ether oxygens (including phenoxy) is 2. The zero-order valence-electron chi connectivity index (χ0n) is 16.2. The summed E-state index contributed by atoms with van der Waals surface area (Å²) < 4.78 is 10.7. The molecule has 1 heterocycles. The summed E-state index contributed by atoms with van der Waals surface area (Å²) in [5, 5.41) is 0. The fourth-order valence-corrected chi connectivity index (χ4v) is 4.76. The van der Waals surface area contributed by atoms with E-state index in [4.69, 9.17) is 16.0 Å². The molecular formula is C21H23NO4S2. The first-order chi connectivity index (χ1) is 13.3. The first kappa shape index (κ1) is 22.1. The Hall–Kier alpha value is -2.17. The van der Waals surface area contributed by atoms with Gasteiger partial charge in [0.05, 0.1) is 24.0 Å². The molecule has 7 heteroatoms. The van der Waals surface area contributed by atoms with Crippen LogP contribution in [0.15, 0.2) is 50.6 Å². The maximum Gasteiger partial charge on any atom is 0.338 e. The highest BCUT2D eigenvalue weighted by Crippen LogP contribution is 2.53. The molecule has 0 amide bonds. The van der Waals surface area contributed by atoms with Crippen molar-refractivity contribution in [1.29, 1.82) is 0 Å². The number of benzene rings is 1. The van der Waals surface area contributed by atoms with E-state index in [0.717, 1.165) is 15.9 Å². The zero-order chi connectivity index (χ0) is 20.7. The highest BCUT2D eigenvalue weighted by molar-refractivity contribution is 8.24. The number of hydrogen-bond donors (Lipinski definition) is 0. The maximum absolute atomic E-state index is 12.3. The molecule has 0 unspecified atom stereocenters. The summed E-state index contributed by atoms with van der Waals surface area (Å²) in [6.45, 7) is 17.6. The van der Waals surface area contributed by atoms with E-state index in [0.29, 0.717) is 17.1 Å². The summed E-state index contributed by atoms with van der Waals surface area (Å²) in [4.78, 5) is 28.7. The molecule has 148 valence electrons. The molecule has 5 nitrogen and oxygen atoms in total. The third-order valence-electron chi connectivity index (χ3n) is 3.90. The fourth-order valence-electron chi connectivity index (χ4n) is 2.30. The molecular weight excluding hydrogens is 394 g/mol. The van der Waals surface area contributed by atoms with E-state index >= 15 is 0 Å². The number of nitrogens with zero attached hydrogens (tertiary/aromatic N) is 1. The van der Waals surface area contributed by atoms with Gasteiger partial charge in [0.15, 0.2) is 0 Å². The van der Waals surface area contributed by atoms with Gasteiger partial charge in [-0.15, -0.1) is 0 Å². The van der Waals surface area contributed by atoms with Crippen molar-refractivity contribution in [3.8, 4) is 0 Å². The molecule has 0 atom stereocenters. The Balaban J connectivity index is 1.94. The van der Waals surface area contributed by atoms with Gasteiger partial charge in [-0.1, -0.05) is 56.9 Å². The molecule has 0 saturated carbocycles. The van der Waals surface area contributed by atoms with Crippen molar-refractivity contribution in [1.82, 2.24) is 0 Å². The van der Waals surface area contributed by atoms with Gasteiger partial charge in [0.2, 0.25) is 0 Å². The summed E-state index contributed by atoms with van der Waals surface area (Å²) in [5.74, 6) is -1.08. The van der Waals surface area contributed by atoms with Crippen LogP contribution in [0.3, 0.4) is 0 Å². The molecule has 0 aliphatic carbocycles. The average Bonchev–Trinajstić information content (AvgIpc) is 3.06. The maximum atomic E-state index is 12.3. The van der Waals surface area contributed by atoms with Crippen LogP contribution in [0.5, 0.6) is 0 Å². The van der Waals surface area contributed by atoms with E-state index in [1.165, 1.54) is 29.1 Å². The largest absolute Gasteiger partial charge is 0.471 e. The Labute approximate surface area is 174 Å². The smallest absolute Gasteiger partial charge is 0.338 e. The minimum absolute atomic E-state index is 0.0154. The van der Waals surface area contributed by atoms with Gasteiger partial charge < -0.3 is 9.47 Å². The second kappa shape index (κ2) is 9.85. The zero-order valence-corrected chi connectivity index (χ0v) is 17.9. The average molecular weight is 418 g/mol. The second-order valence-electron chi connectivity index (χ2n) is 7.08. The second-order valence-corrected chi connectivity index (χ2v) is 9.44. The predicted molar refractivity (Wildman–Crippen MR) is 112 cm³/mol. The van der Waals surface area contributed by atoms with Gasteiger partial charge in [0, 0.05) is 15.9 Å². The normalized spacial score (nSPS) is 14.6. The molecule has 0 spiro atoms. The lowest BCUT2D eigenvalue weighted by atomic mass is 9.87. The summed E-state index contributed by atoms with van der Waals surface area (Å²) >= 11 is 2.87. The van der Waals surface area contributed by atoms with Gasteiger partial charge >= 0.3 is 11.9 Å². The fraction of sp³-hybridized carbons (Fsp3) is 0.381. The number of esters is 2. The molecule has 0 aromatic heterocycles. The van der Waals surface area contributed by atoms with Gasteiger partial charge in [-0.3, -0.25) is 4.79 Å². The van der Waals surface area contributed by atoms with E-state index in [-0.39, 0.29) is 24.3 Å². The lowest BCUT2D eigenvalue weighted by molar-refractivity contribution is -0.140. The summed E-state index contributed by atoms with van der Waals surface area (Å²) in [6, 6.07) is 6.25. The van der Waals surface area contributed by atoms with Gasteiger partial charge in [-0.05, 0) is 36.0 Å². The number of rotatable bonds is 7. The molecule has 1 aromatic rings. The van der Waals surface area contributed by atoms with E-state index < -0.39 is 11.9 Å². The van der Waals surface area contributed by atoms with E-state index in [2.05, 4.69) is 44.3 Å². The van der Waals surface area contributed by atoms with Crippen LogP contribution in [-0.4, -0.2) is 25.2 Å². The molecule has 0 N–H and O–H groups in total. The summed E-state index contributed by atoms with van der Waals surface area (Å²) in [6.07, 6.45) is 2.22. The Kier molecular flexibility index (Phi) is 7.78. The molecule has 0 bridgehead atoms. The number of carbonyl (C=O) groups is 2. The number of unbranched alkanes of at least 4 members (excludes halogenated alkanes) is 1. The molecule has 1 aliphatic heterocycles. The van der Waals surface area contributed by atoms with Crippen molar-refractivity contribution >= 4 is 35.5 Å². The van der Waals surface area contributed by atoms with Crippen molar-refractivity contribution in [2.24, 2.45) is 0 Å². The van der Waals surface area contributed by atoms with Crippen LogP contribution in [0.25, 0.3) is 4.85 Å². The SMILES string of the molecule is [C-]#[N+]/C(C(=O)OCCCCOC(=O)C=C)=C1/Sc2ccc(C(C)(C)C)cc2S1. The minimum atomic E-state index is -0.614. The van der Waals surface area contributed by atoms with Crippen molar-refractivity contribution in [3.05, 3.63) is 57.8 Å². The number of thioether (sulfide) groups is 2. The lowest BCUT2D eigenvalue weighted by Crippen LogP contribution is -2.10. The quantitative estimate of drug-likeness (QED) is 0.259. The van der Waals surface area contributed by atoms with Gasteiger partial charge in [0.25, 0.3) is 5.70 Å². The Bertz CT molecular complexity index is 847. The van der Waals surface area contributed by atoms with Crippen molar-refractivity contribution < 1.29 is 19.1 Å². The Morgan fingerprint density at radius 3 is 2.39 bits per heavy atom. The van der Waals surface area contributed by atoms with Crippen molar-refractivity contribution in [3.63, 3.8) is 0 Å². The first-order valence-corrected chi connectivity index (χ1v) is 10.5. The highest BCUT2D eigenvalue weighted by atomic mass is 32.2. The van der Waals surface area contributed by atoms with Crippen LogP contribution in [0.4, 0.5) is 0 Å². The minimum Gasteiger partial charge on any atom is -0.471 e. The molecule has 28 heavy (non-hydrogen) atoms. The van der Waals surface area contributed by atoms with E-state index in [1.54, 1.807) is 0 Å². The monoisotopic (exact) mass is 417 g/mol. The number of fused-ring (bicyclic) bond motifs is 1. The van der Waals surface area contributed by atoms with Crippen LogP contribution in [0, 0.1) is 6.57 Å². The Morgan fingerprint density at radius 1 is 1.14 bits per heavy atom. The van der Waals surface area contributed by atoms with Gasteiger partial charge in [-0.25, -0.2) is 9.64 Å². The third kappa shape index (κ3) is 5.91. The molecule has 2 rings (SSSR count). The van der Waals surface area contributed by atoms with Crippen molar-refractivity contribution in [2.75, 3.05) is 13.2 Å². The van der Waals surface area contributed by atoms with Crippen LogP contribution >= 0.6 is 23.5 Å². The standard InChI is InChI=1S/C21H23NO4S2/c1-6-17(23)25-11-7-8-12-26-19(24)18(22-5)20-27-15-10-9-14(21(2,3)4)13-16(15)28-20/h6,9-10,13H,1,7-8,11-12H2,2-4H3/b20-18-. The number of carbonyl (C=O) groups excluding carboxylic acids is 2.